The lowest BCUT2D eigenvalue weighted by atomic mass is 10.2. The van der Waals surface area contributed by atoms with Gasteiger partial charge in [-0.2, -0.15) is 0 Å². The van der Waals surface area contributed by atoms with Crippen molar-refractivity contribution >= 4 is 11.6 Å². The average molecular weight is 258 g/mol. The van der Waals surface area contributed by atoms with E-state index in [-0.39, 0.29) is 11.9 Å². The fraction of sp³-hybridized carbons (Fsp3) is 0.429. The van der Waals surface area contributed by atoms with E-state index in [1.807, 2.05) is 39.9 Å². The third-order valence-corrected chi connectivity index (χ3v) is 3.57. The molecule has 0 unspecified atom stereocenters. The van der Waals surface area contributed by atoms with Crippen molar-refractivity contribution in [1.29, 1.82) is 0 Å². The highest BCUT2D eigenvalue weighted by atomic mass is 16.2. The van der Waals surface area contributed by atoms with Crippen molar-refractivity contribution < 1.29 is 4.79 Å². The summed E-state index contributed by atoms with van der Waals surface area (Å²) >= 11 is 0. The summed E-state index contributed by atoms with van der Waals surface area (Å²) in [6.07, 6.45) is 4.26. The third kappa shape index (κ3) is 2.46. The second kappa shape index (κ2) is 5.01. The molecule has 0 radical (unpaired) electrons. The summed E-state index contributed by atoms with van der Waals surface area (Å²) in [5.41, 5.74) is 1.72. The van der Waals surface area contributed by atoms with Gasteiger partial charge in [0, 0.05) is 38.1 Å². The van der Waals surface area contributed by atoms with Crippen LogP contribution in [0.3, 0.4) is 0 Å². The first-order chi connectivity index (χ1) is 9.24. The minimum absolute atomic E-state index is 0.164. The van der Waals surface area contributed by atoms with Crippen LogP contribution in [0.4, 0.5) is 0 Å². The number of amides is 1. The average Bonchev–Trinajstić information content (AvgIpc) is 2.81. The van der Waals surface area contributed by atoms with E-state index in [9.17, 15) is 4.79 Å². The van der Waals surface area contributed by atoms with E-state index in [2.05, 4.69) is 17.2 Å². The molecular weight excluding hydrogens is 240 g/mol. The van der Waals surface area contributed by atoms with Crippen LogP contribution >= 0.6 is 0 Å². The van der Waals surface area contributed by atoms with Crippen molar-refractivity contribution in [2.45, 2.75) is 19.4 Å². The molecule has 0 spiro atoms. The Morgan fingerprint density at radius 2 is 2.42 bits per heavy atom. The van der Waals surface area contributed by atoms with Crippen LogP contribution in [0.1, 0.15) is 12.6 Å². The Kier molecular flexibility index (Phi) is 3.21. The number of carbonyl (C=O) groups is 1. The van der Waals surface area contributed by atoms with Crippen molar-refractivity contribution in [3.05, 3.63) is 36.3 Å². The van der Waals surface area contributed by atoms with Crippen LogP contribution in [0, 0.1) is 0 Å². The molecule has 0 saturated carbocycles. The van der Waals surface area contributed by atoms with Gasteiger partial charge < -0.3 is 14.6 Å². The molecule has 2 aromatic rings. The standard InChI is InChI=1S/C14H18N4O/c1-11-9-15-5-7-18(11)14(19)8-12-10-17-6-3-2-4-13(17)16-12/h2-4,6,10-11,15H,5,7-9H2,1H3/t11-/m0/s1. The van der Waals surface area contributed by atoms with E-state index < -0.39 is 0 Å². The van der Waals surface area contributed by atoms with Crippen LogP contribution in [-0.4, -0.2) is 45.9 Å². The lowest BCUT2D eigenvalue weighted by Crippen LogP contribution is -2.52. The number of carbonyl (C=O) groups excluding carboxylic acids is 1. The fourth-order valence-corrected chi connectivity index (χ4v) is 2.54. The van der Waals surface area contributed by atoms with E-state index in [1.165, 1.54) is 0 Å². The molecule has 19 heavy (non-hydrogen) atoms. The monoisotopic (exact) mass is 258 g/mol. The number of nitrogens with zero attached hydrogens (tertiary/aromatic N) is 3. The van der Waals surface area contributed by atoms with Gasteiger partial charge in [0.2, 0.25) is 5.91 Å². The van der Waals surface area contributed by atoms with Gasteiger partial charge in [0.25, 0.3) is 0 Å². The van der Waals surface area contributed by atoms with Gasteiger partial charge in [-0.1, -0.05) is 6.07 Å². The summed E-state index contributed by atoms with van der Waals surface area (Å²) in [6.45, 7) is 4.61. The Bertz CT molecular complexity index is 559. The molecule has 5 heteroatoms. The molecule has 1 atom stereocenters. The fourth-order valence-electron chi connectivity index (χ4n) is 2.54. The van der Waals surface area contributed by atoms with Gasteiger partial charge in [0.05, 0.1) is 12.1 Å². The topological polar surface area (TPSA) is 49.6 Å². The van der Waals surface area contributed by atoms with Gasteiger partial charge in [0.15, 0.2) is 0 Å². The Morgan fingerprint density at radius 3 is 3.21 bits per heavy atom. The largest absolute Gasteiger partial charge is 0.337 e. The van der Waals surface area contributed by atoms with Crippen molar-refractivity contribution in [3.63, 3.8) is 0 Å². The molecule has 2 aromatic heterocycles. The number of imidazole rings is 1. The number of hydrogen-bond donors (Lipinski definition) is 1. The zero-order valence-electron chi connectivity index (χ0n) is 11.0. The summed E-state index contributed by atoms with van der Waals surface area (Å²) in [6, 6.07) is 6.12. The smallest absolute Gasteiger partial charge is 0.228 e. The van der Waals surface area contributed by atoms with Crippen molar-refractivity contribution in [2.24, 2.45) is 0 Å². The number of rotatable bonds is 2. The Morgan fingerprint density at radius 1 is 1.53 bits per heavy atom. The molecule has 0 aromatic carbocycles. The highest BCUT2D eigenvalue weighted by Gasteiger charge is 2.23. The summed E-state index contributed by atoms with van der Waals surface area (Å²) in [7, 11) is 0. The predicted octanol–water partition coefficient (Wildman–Crippen LogP) is 0.697. The van der Waals surface area contributed by atoms with E-state index in [0.717, 1.165) is 31.0 Å². The zero-order chi connectivity index (χ0) is 13.2. The molecule has 1 saturated heterocycles. The molecule has 1 fully saturated rings. The molecule has 1 aliphatic rings. The molecule has 1 amide bonds. The van der Waals surface area contributed by atoms with Crippen LogP contribution in [0.25, 0.3) is 5.65 Å². The number of hydrogen-bond acceptors (Lipinski definition) is 3. The van der Waals surface area contributed by atoms with Gasteiger partial charge >= 0.3 is 0 Å². The highest BCUT2D eigenvalue weighted by molar-refractivity contribution is 5.79. The predicted molar refractivity (Wildman–Crippen MR) is 72.9 cm³/mol. The van der Waals surface area contributed by atoms with Gasteiger partial charge in [-0.25, -0.2) is 4.98 Å². The first-order valence-electron chi connectivity index (χ1n) is 6.67. The van der Waals surface area contributed by atoms with Crippen LogP contribution in [-0.2, 0) is 11.2 Å². The minimum Gasteiger partial charge on any atom is -0.337 e. The van der Waals surface area contributed by atoms with Gasteiger partial charge in [-0.05, 0) is 19.1 Å². The molecule has 3 rings (SSSR count). The summed E-state index contributed by atoms with van der Waals surface area (Å²) in [5.74, 6) is 0.164. The summed E-state index contributed by atoms with van der Waals surface area (Å²) in [4.78, 5) is 18.7. The maximum atomic E-state index is 12.3. The van der Waals surface area contributed by atoms with E-state index in [4.69, 9.17) is 0 Å². The second-order valence-corrected chi connectivity index (χ2v) is 5.02. The number of piperazine rings is 1. The quantitative estimate of drug-likeness (QED) is 0.862. The first-order valence-corrected chi connectivity index (χ1v) is 6.67. The zero-order valence-corrected chi connectivity index (χ0v) is 11.0. The van der Waals surface area contributed by atoms with Crippen molar-refractivity contribution in [3.8, 4) is 0 Å². The molecule has 0 aliphatic carbocycles. The highest BCUT2D eigenvalue weighted by Crippen LogP contribution is 2.09. The Labute approximate surface area is 112 Å². The van der Waals surface area contributed by atoms with Crippen molar-refractivity contribution in [1.82, 2.24) is 19.6 Å². The molecule has 3 heterocycles. The third-order valence-electron chi connectivity index (χ3n) is 3.57. The molecule has 0 bridgehead atoms. The molecule has 5 nitrogen and oxygen atoms in total. The van der Waals surface area contributed by atoms with Gasteiger partial charge in [-0.15, -0.1) is 0 Å². The van der Waals surface area contributed by atoms with Crippen LogP contribution in [0.5, 0.6) is 0 Å². The first kappa shape index (κ1) is 12.2. The normalized spacial score (nSPS) is 19.8. The van der Waals surface area contributed by atoms with Crippen LogP contribution in [0.15, 0.2) is 30.6 Å². The van der Waals surface area contributed by atoms with Crippen LogP contribution < -0.4 is 5.32 Å². The number of nitrogens with one attached hydrogen (secondary N) is 1. The lowest BCUT2D eigenvalue weighted by molar-refractivity contribution is -0.133. The maximum absolute atomic E-state index is 12.3. The Hall–Kier alpha value is -1.88. The minimum atomic E-state index is 0.164. The molecule has 1 aliphatic heterocycles. The number of fused-ring (bicyclic) bond motifs is 1. The lowest BCUT2D eigenvalue weighted by Gasteiger charge is -2.33. The van der Waals surface area contributed by atoms with E-state index in [1.54, 1.807) is 0 Å². The second-order valence-electron chi connectivity index (χ2n) is 5.02. The SMILES string of the molecule is C[C@H]1CNCCN1C(=O)Cc1cn2ccccc2n1. The van der Waals surface area contributed by atoms with Gasteiger partial charge in [0.1, 0.15) is 5.65 Å². The molecule has 100 valence electrons. The molecule has 1 N–H and O–H groups in total. The van der Waals surface area contributed by atoms with Crippen LogP contribution in [0.2, 0.25) is 0 Å². The maximum Gasteiger partial charge on any atom is 0.228 e. The summed E-state index contributed by atoms with van der Waals surface area (Å²) < 4.78 is 1.95. The molecular formula is C14H18N4O. The number of pyridine rings is 1. The summed E-state index contributed by atoms with van der Waals surface area (Å²) in [5, 5.41) is 3.29. The number of aromatic nitrogens is 2. The van der Waals surface area contributed by atoms with Crippen molar-refractivity contribution in [2.75, 3.05) is 19.6 Å². The van der Waals surface area contributed by atoms with E-state index in [0.29, 0.717) is 6.42 Å². The Balaban J connectivity index is 1.75. The van der Waals surface area contributed by atoms with Gasteiger partial charge in [-0.3, -0.25) is 4.79 Å². The van der Waals surface area contributed by atoms with E-state index >= 15 is 0 Å².